The zero-order chi connectivity index (χ0) is 15.8. The van der Waals surface area contributed by atoms with E-state index < -0.39 is 7.82 Å². The first-order chi connectivity index (χ1) is 10.1. The molecule has 0 aromatic rings. The molecule has 0 aliphatic heterocycles. The molecule has 0 saturated carbocycles. The molecule has 0 bridgehead atoms. The summed E-state index contributed by atoms with van der Waals surface area (Å²) in [6, 6.07) is 0. The minimum absolute atomic E-state index is 0.00272. The van der Waals surface area contributed by atoms with Crippen molar-refractivity contribution in [2.24, 2.45) is 0 Å². The number of hydrogen-bond acceptors (Lipinski definition) is 5. The third-order valence-electron chi connectivity index (χ3n) is 2.91. The SMILES string of the molecule is CCCCCCCCCCOOP(=O)(O)OCCOCC. The fourth-order valence-corrected chi connectivity index (χ4v) is 2.33. The first-order valence-electron chi connectivity index (χ1n) is 7.98. The molecule has 0 aliphatic rings. The van der Waals surface area contributed by atoms with E-state index in [9.17, 15) is 9.46 Å². The van der Waals surface area contributed by atoms with Gasteiger partial charge in [-0.2, -0.15) is 0 Å². The topological polar surface area (TPSA) is 74.2 Å². The summed E-state index contributed by atoms with van der Waals surface area (Å²) in [4.78, 5) is 14.0. The fraction of sp³-hybridized carbons (Fsp3) is 1.00. The van der Waals surface area contributed by atoms with Gasteiger partial charge in [-0.05, 0) is 13.3 Å². The molecule has 1 atom stereocenters. The van der Waals surface area contributed by atoms with E-state index >= 15 is 0 Å². The third kappa shape index (κ3) is 16.2. The summed E-state index contributed by atoms with van der Waals surface area (Å²) in [5.74, 6) is 0. The summed E-state index contributed by atoms with van der Waals surface area (Å²) >= 11 is 0. The highest BCUT2D eigenvalue weighted by Gasteiger charge is 2.22. The Hall–Kier alpha value is 0.0300. The van der Waals surface area contributed by atoms with Crippen LogP contribution >= 0.6 is 7.82 Å². The molecule has 0 aromatic heterocycles. The predicted molar refractivity (Wildman–Crippen MR) is 81.9 cm³/mol. The van der Waals surface area contributed by atoms with E-state index in [1.165, 1.54) is 32.1 Å². The molecule has 1 unspecified atom stereocenters. The lowest BCUT2D eigenvalue weighted by Gasteiger charge is -2.10. The van der Waals surface area contributed by atoms with Crippen molar-refractivity contribution in [3.05, 3.63) is 0 Å². The van der Waals surface area contributed by atoms with Gasteiger partial charge in [-0.25, -0.2) is 9.45 Å². The van der Waals surface area contributed by atoms with Gasteiger partial charge in [-0.1, -0.05) is 51.9 Å². The minimum atomic E-state index is -4.11. The highest BCUT2D eigenvalue weighted by Crippen LogP contribution is 2.43. The van der Waals surface area contributed by atoms with Crippen LogP contribution in [0.25, 0.3) is 0 Å². The Labute approximate surface area is 128 Å². The van der Waals surface area contributed by atoms with Crippen molar-refractivity contribution in [1.82, 2.24) is 0 Å². The Kier molecular flexibility index (Phi) is 15.0. The average molecular weight is 326 g/mol. The molecule has 0 spiro atoms. The van der Waals surface area contributed by atoms with Crippen LogP contribution in [0.15, 0.2) is 0 Å². The second-order valence-corrected chi connectivity index (χ2v) is 6.21. The van der Waals surface area contributed by atoms with Gasteiger partial charge in [0, 0.05) is 6.61 Å². The summed E-state index contributed by atoms with van der Waals surface area (Å²) in [7, 11) is -4.11. The van der Waals surface area contributed by atoms with Crippen molar-refractivity contribution >= 4 is 7.82 Å². The standard InChI is InChI=1S/C14H31O6P/c1-3-5-6-7-8-9-10-11-12-18-20-21(15,16)19-14-13-17-4-2/h3-14H2,1-2H3,(H,15,16). The first kappa shape index (κ1) is 21.0. The van der Waals surface area contributed by atoms with E-state index in [1.807, 2.05) is 6.92 Å². The highest BCUT2D eigenvalue weighted by molar-refractivity contribution is 7.47. The van der Waals surface area contributed by atoms with Gasteiger partial charge < -0.3 is 9.63 Å². The van der Waals surface area contributed by atoms with Gasteiger partial charge in [0.05, 0.1) is 19.8 Å². The Bertz CT molecular complexity index is 262. The van der Waals surface area contributed by atoms with Gasteiger partial charge in [-0.3, -0.25) is 4.52 Å². The molecule has 0 saturated heterocycles. The van der Waals surface area contributed by atoms with Gasteiger partial charge in [0.25, 0.3) is 0 Å². The van der Waals surface area contributed by atoms with E-state index in [4.69, 9.17) is 9.62 Å². The molecule has 0 heterocycles. The second kappa shape index (κ2) is 14.9. The van der Waals surface area contributed by atoms with Gasteiger partial charge >= 0.3 is 7.82 Å². The Morgan fingerprint density at radius 1 is 0.857 bits per heavy atom. The van der Waals surface area contributed by atoms with Crippen LogP contribution in [0.2, 0.25) is 0 Å². The Morgan fingerprint density at radius 2 is 1.48 bits per heavy atom. The Balaban J connectivity index is 3.30. The molecular weight excluding hydrogens is 295 g/mol. The zero-order valence-electron chi connectivity index (χ0n) is 13.4. The van der Waals surface area contributed by atoms with Crippen LogP contribution in [0.1, 0.15) is 65.2 Å². The maximum Gasteiger partial charge on any atom is 0.499 e. The molecule has 0 aromatic carbocycles. The molecule has 0 amide bonds. The minimum Gasteiger partial charge on any atom is -0.379 e. The molecule has 0 fully saturated rings. The average Bonchev–Trinajstić information content (AvgIpc) is 2.45. The highest BCUT2D eigenvalue weighted by atomic mass is 31.2. The molecule has 1 N–H and O–H groups in total. The van der Waals surface area contributed by atoms with Crippen molar-refractivity contribution in [2.45, 2.75) is 65.2 Å². The van der Waals surface area contributed by atoms with E-state index in [0.29, 0.717) is 13.2 Å². The van der Waals surface area contributed by atoms with Crippen molar-refractivity contribution in [1.29, 1.82) is 0 Å². The number of unbranched alkanes of at least 4 members (excludes halogenated alkanes) is 7. The maximum atomic E-state index is 11.3. The van der Waals surface area contributed by atoms with E-state index in [2.05, 4.69) is 16.1 Å². The predicted octanol–water partition coefficient (Wildman–Crippen LogP) is 4.23. The lowest BCUT2D eigenvalue weighted by molar-refractivity contribution is -0.225. The number of phosphoric acid groups is 1. The van der Waals surface area contributed by atoms with Gasteiger partial charge in [-0.15, -0.1) is 4.67 Å². The van der Waals surface area contributed by atoms with Crippen molar-refractivity contribution < 1.29 is 28.3 Å². The summed E-state index contributed by atoms with van der Waals surface area (Å²) < 4.78 is 25.4. The van der Waals surface area contributed by atoms with Crippen LogP contribution in [-0.4, -0.2) is 31.3 Å². The van der Waals surface area contributed by atoms with Crippen LogP contribution < -0.4 is 0 Å². The van der Waals surface area contributed by atoms with Crippen LogP contribution in [0.3, 0.4) is 0 Å². The summed E-state index contributed by atoms with van der Waals surface area (Å²) in [5.41, 5.74) is 0. The van der Waals surface area contributed by atoms with Crippen LogP contribution in [0.4, 0.5) is 0 Å². The van der Waals surface area contributed by atoms with Crippen LogP contribution in [0, 0.1) is 0 Å². The zero-order valence-corrected chi connectivity index (χ0v) is 14.3. The van der Waals surface area contributed by atoms with Gasteiger partial charge in [0.1, 0.15) is 0 Å². The lowest BCUT2D eigenvalue weighted by atomic mass is 10.1. The normalized spacial score (nSPS) is 14.2. The van der Waals surface area contributed by atoms with E-state index in [-0.39, 0.29) is 13.2 Å². The molecule has 7 heteroatoms. The van der Waals surface area contributed by atoms with Crippen LogP contribution in [-0.2, 0) is 23.4 Å². The quantitative estimate of drug-likeness (QED) is 0.198. The summed E-state index contributed by atoms with van der Waals surface area (Å²) in [5, 5.41) is 0. The fourth-order valence-electron chi connectivity index (χ4n) is 1.78. The first-order valence-corrected chi connectivity index (χ1v) is 9.48. The molecule has 21 heavy (non-hydrogen) atoms. The van der Waals surface area contributed by atoms with Crippen molar-refractivity contribution in [2.75, 3.05) is 26.4 Å². The lowest BCUT2D eigenvalue weighted by Crippen LogP contribution is -2.05. The Morgan fingerprint density at radius 3 is 2.10 bits per heavy atom. The summed E-state index contributed by atoms with van der Waals surface area (Å²) in [6.45, 7) is 5.13. The maximum absolute atomic E-state index is 11.3. The molecule has 0 radical (unpaired) electrons. The largest absolute Gasteiger partial charge is 0.499 e. The molecule has 6 nitrogen and oxygen atoms in total. The van der Waals surface area contributed by atoms with Gasteiger partial charge in [0.2, 0.25) is 0 Å². The molecule has 0 aliphatic carbocycles. The number of ether oxygens (including phenoxy) is 1. The van der Waals surface area contributed by atoms with Crippen molar-refractivity contribution in [3.8, 4) is 0 Å². The van der Waals surface area contributed by atoms with Gasteiger partial charge in [0.15, 0.2) is 0 Å². The second-order valence-electron chi connectivity index (χ2n) is 4.87. The molecule has 0 rings (SSSR count). The number of phosphoric ester groups is 1. The number of rotatable bonds is 16. The monoisotopic (exact) mass is 326 g/mol. The third-order valence-corrected chi connectivity index (χ3v) is 3.72. The smallest absolute Gasteiger partial charge is 0.379 e. The van der Waals surface area contributed by atoms with Crippen molar-refractivity contribution in [3.63, 3.8) is 0 Å². The summed E-state index contributed by atoms with van der Waals surface area (Å²) in [6.07, 6.45) is 9.41. The number of hydrogen-bond donors (Lipinski definition) is 1. The van der Waals surface area contributed by atoms with Crippen LogP contribution in [0.5, 0.6) is 0 Å². The molecular formula is C14H31O6P. The van der Waals surface area contributed by atoms with E-state index in [1.54, 1.807) is 0 Å². The van der Waals surface area contributed by atoms with E-state index in [0.717, 1.165) is 19.3 Å². The molecule has 128 valence electrons.